The van der Waals surface area contributed by atoms with Crippen LogP contribution in [0.2, 0.25) is 0 Å². The molecule has 0 unspecified atom stereocenters. The number of aliphatic carboxylic acids is 3. The van der Waals surface area contributed by atoms with E-state index in [0.29, 0.717) is 0 Å². The van der Waals surface area contributed by atoms with E-state index >= 15 is 0 Å². The fourth-order valence-corrected chi connectivity index (χ4v) is 0.691. The van der Waals surface area contributed by atoms with Gasteiger partial charge in [-0.15, -0.1) is 0 Å². The summed E-state index contributed by atoms with van der Waals surface area (Å²) in [5.74, 6) is -5.65. The van der Waals surface area contributed by atoms with E-state index in [1.165, 1.54) is 0 Å². The van der Waals surface area contributed by atoms with Crippen LogP contribution in [0.3, 0.4) is 0 Å². The number of rotatable bonds is 5. The molecular formula is C6H8NaO8-. The minimum atomic E-state index is -2.86. The summed E-state index contributed by atoms with van der Waals surface area (Å²) in [4.78, 5) is 30.2. The molecule has 4 N–H and O–H groups in total. The third-order valence-corrected chi connectivity index (χ3v) is 1.27. The molecule has 0 aliphatic heterocycles. The first-order valence-corrected chi connectivity index (χ1v) is 3.13. The van der Waals surface area contributed by atoms with E-state index in [1.54, 1.807) is 0 Å². The molecule has 0 spiro atoms. The fraction of sp³-hybridized carbons (Fsp3) is 0.500. The number of carboxylic acids is 3. The second-order valence-electron chi connectivity index (χ2n) is 2.43. The molecule has 0 amide bonds. The molecule has 8 nitrogen and oxygen atoms in total. The average Bonchev–Trinajstić information content (AvgIpc) is 1.82. The van der Waals surface area contributed by atoms with Gasteiger partial charge in [0.15, 0.2) is 5.60 Å². The van der Waals surface area contributed by atoms with Crippen LogP contribution >= 0.6 is 0 Å². The zero-order valence-electron chi connectivity index (χ0n) is 7.85. The van der Waals surface area contributed by atoms with Gasteiger partial charge in [-0.25, -0.2) is 4.79 Å². The summed E-state index contributed by atoms with van der Waals surface area (Å²) in [5, 5.41) is 37.2. The van der Waals surface area contributed by atoms with Crippen LogP contribution in [0.1, 0.15) is 12.8 Å². The van der Waals surface area contributed by atoms with Crippen molar-refractivity contribution >= 4 is 17.9 Å². The Kier molecular flexibility index (Phi) is 10.0. The van der Waals surface area contributed by atoms with Crippen LogP contribution in [-0.4, -0.2) is 39.2 Å². The quantitative estimate of drug-likeness (QED) is 0.442. The van der Waals surface area contributed by atoms with Crippen molar-refractivity contribution in [3.8, 4) is 0 Å². The summed E-state index contributed by atoms with van der Waals surface area (Å²) in [6.45, 7) is 0. The molecule has 0 bridgehead atoms. The number of hydrogen-bond donors (Lipinski definition) is 2. The van der Waals surface area contributed by atoms with Crippen molar-refractivity contribution in [3.05, 3.63) is 0 Å². The Morgan fingerprint density at radius 1 is 1.07 bits per heavy atom. The van der Waals surface area contributed by atoms with Gasteiger partial charge in [-0.2, -0.15) is 0 Å². The van der Waals surface area contributed by atoms with E-state index < -0.39 is 36.4 Å². The molecule has 82 valence electrons. The number of aliphatic hydroxyl groups is 1. The van der Waals surface area contributed by atoms with E-state index in [1.807, 2.05) is 0 Å². The fourth-order valence-electron chi connectivity index (χ4n) is 0.691. The van der Waals surface area contributed by atoms with Gasteiger partial charge in [0.2, 0.25) is 0 Å². The van der Waals surface area contributed by atoms with Gasteiger partial charge in [-0.1, -0.05) is 0 Å². The Bertz CT molecular complexity index is 234. The predicted octanol–water partition coefficient (Wildman–Crippen LogP) is -7.74. The Labute approximate surface area is 106 Å². The van der Waals surface area contributed by atoms with Crippen molar-refractivity contribution in [2.75, 3.05) is 0 Å². The van der Waals surface area contributed by atoms with Gasteiger partial charge in [0.05, 0.1) is 0 Å². The maximum Gasteiger partial charge on any atom is 1.00 e. The van der Waals surface area contributed by atoms with Gasteiger partial charge in [0.25, 0.3) is 0 Å². The topological polar surface area (TPSA) is 169 Å². The van der Waals surface area contributed by atoms with Crippen LogP contribution < -0.4 is 39.8 Å². The van der Waals surface area contributed by atoms with E-state index in [0.717, 1.165) is 0 Å². The molecule has 0 saturated carbocycles. The molecule has 0 atom stereocenters. The molecule has 0 radical (unpaired) electrons. The standard InChI is InChI=1S/C6H8O7.Na.H2O/c7-3(8)1-6(13,5(11)12)2-4(9)10;;/h13H,1-2H2,(H,7,8)(H,9,10)(H,11,12);;1H2/q;+1;/p-2. The number of carbonyl (C=O) groups excluding carboxylic acids is 2. The second-order valence-corrected chi connectivity index (χ2v) is 2.43. The van der Waals surface area contributed by atoms with Gasteiger partial charge in [-0.05, 0) is 0 Å². The molecule has 0 fully saturated rings. The first kappa shape index (κ1) is 19.8. The molecule has 9 heteroatoms. The van der Waals surface area contributed by atoms with Crippen molar-refractivity contribution in [2.45, 2.75) is 18.4 Å². The number of hydrogen-bond acceptors (Lipinski definition) is 6. The molecule has 0 aliphatic rings. The minimum Gasteiger partial charge on any atom is -0.550 e. The molecular weight excluding hydrogens is 223 g/mol. The van der Waals surface area contributed by atoms with Crippen molar-refractivity contribution in [1.82, 2.24) is 0 Å². The molecule has 0 saturated heterocycles. The van der Waals surface area contributed by atoms with Gasteiger partial charge >= 0.3 is 35.5 Å². The van der Waals surface area contributed by atoms with E-state index in [4.69, 9.17) is 10.2 Å². The smallest absolute Gasteiger partial charge is 0.550 e. The van der Waals surface area contributed by atoms with Crippen LogP contribution in [-0.2, 0) is 14.4 Å². The van der Waals surface area contributed by atoms with Crippen molar-refractivity contribution in [2.24, 2.45) is 0 Å². The Morgan fingerprint density at radius 3 is 1.47 bits per heavy atom. The van der Waals surface area contributed by atoms with Crippen molar-refractivity contribution in [3.63, 3.8) is 0 Å². The van der Waals surface area contributed by atoms with Gasteiger partial charge in [-0.3, -0.25) is 0 Å². The average molecular weight is 231 g/mol. The summed E-state index contributed by atoms with van der Waals surface area (Å²) in [5.41, 5.74) is -2.86. The summed E-state index contributed by atoms with van der Waals surface area (Å²) in [7, 11) is 0. The van der Waals surface area contributed by atoms with E-state index in [-0.39, 0.29) is 35.0 Å². The van der Waals surface area contributed by atoms with Crippen LogP contribution in [0.5, 0.6) is 0 Å². The summed E-state index contributed by atoms with van der Waals surface area (Å²) in [6, 6.07) is 0. The van der Waals surface area contributed by atoms with Gasteiger partial charge in [0.1, 0.15) is 0 Å². The molecule has 0 rings (SSSR count). The molecule has 0 heterocycles. The van der Waals surface area contributed by atoms with Crippen molar-refractivity contribution < 1.29 is 69.8 Å². The zero-order valence-corrected chi connectivity index (χ0v) is 9.85. The summed E-state index contributed by atoms with van der Waals surface area (Å²) in [6.07, 6.45) is -2.59. The zero-order chi connectivity index (χ0) is 10.6. The Hall–Kier alpha value is -0.670. The van der Waals surface area contributed by atoms with E-state index in [2.05, 4.69) is 0 Å². The molecule has 0 aromatic heterocycles. The van der Waals surface area contributed by atoms with Gasteiger partial charge < -0.3 is 35.5 Å². The molecule has 0 aliphatic carbocycles. The maximum absolute atomic E-state index is 10.3. The SMILES string of the molecule is O.O=C([O-])CC(O)(CC(=O)[O-])C(=O)O.[Na+]. The minimum absolute atomic E-state index is 0. The normalized spacial score (nSPS) is 9.40. The summed E-state index contributed by atoms with van der Waals surface area (Å²) >= 11 is 0. The molecule has 0 aromatic carbocycles. The largest absolute Gasteiger partial charge is 1.00 e. The van der Waals surface area contributed by atoms with E-state index in [9.17, 15) is 24.6 Å². The molecule has 0 aromatic rings. The monoisotopic (exact) mass is 231 g/mol. The van der Waals surface area contributed by atoms with Crippen molar-refractivity contribution in [1.29, 1.82) is 0 Å². The van der Waals surface area contributed by atoms with Crippen LogP contribution in [0.15, 0.2) is 0 Å². The maximum atomic E-state index is 10.3. The number of carboxylic acid groups (broad SMARTS) is 3. The Morgan fingerprint density at radius 2 is 1.33 bits per heavy atom. The Balaban J connectivity index is -0.000000720. The first-order chi connectivity index (χ1) is 5.78. The third-order valence-electron chi connectivity index (χ3n) is 1.27. The van der Waals surface area contributed by atoms with Crippen LogP contribution in [0.25, 0.3) is 0 Å². The number of carbonyl (C=O) groups is 3. The third kappa shape index (κ3) is 7.28. The van der Waals surface area contributed by atoms with Crippen LogP contribution in [0.4, 0.5) is 0 Å². The van der Waals surface area contributed by atoms with Gasteiger partial charge in [0, 0.05) is 24.8 Å². The predicted molar refractivity (Wildman–Crippen MR) is 35.4 cm³/mol. The van der Waals surface area contributed by atoms with Crippen LogP contribution in [0, 0.1) is 0 Å². The molecule has 15 heavy (non-hydrogen) atoms. The first-order valence-electron chi connectivity index (χ1n) is 3.13. The second kappa shape index (κ2) is 7.60. The summed E-state index contributed by atoms with van der Waals surface area (Å²) < 4.78 is 0.